The number of halogens is 4. The van der Waals surface area contributed by atoms with Crippen LogP contribution in [0.25, 0.3) is 0 Å². The van der Waals surface area contributed by atoms with Crippen LogP contribution in [0.2, 0.25) is 0 Å². The molecule has 1 N–H and O–H groups in total. The third kappa shape index (κ3) is 2.99. The molecule has 0 aliphatic carbocycles. The van der Waals surface area contributed by atoms with Gasteiger partial charge in [-0.2, -0.15) is 0 Å². The molecule has 0 unspecified atom stereocenters. The predicted molar refractivity (Wildman–Crippen MR) is 68.2 cm³/mol. The fourth-order valence-electron chi connectivity index (χ4n) is 2.06. The zero-order valence-electron chi connectivity index (χ0n) is 10.8. The third-order valence-corrected chi connectivity index (χ3v) is 2.95. The summed E-state index contributed by atoms with van der Waals surface area (Å²) < 4.78 is 54.2. The van der Waals surface area contributed by atoms with Crippen LogP contribution >= 0.6 is 0 Å². The maximum Gasteiger partial charge on any atom is 0.128 e. The SMILES string of the molecule is CCNC(c1cc(F)ccc1F)c1cc(F)ccc1F. The standard InChI is InChI=1S/C15H13F4N/c1-2-20-15(11-7-9(16)3-5-13(11)18)12-8-10(17)4-6-14(12)19/h3-8,15,20H,2H2,1H3. The van der Waals surface area contributed by atoms with Crippen LogP contribution in [-0.2, 0) is 0 Å². The highest BCUT2D eigenvalue weighted by Gasteiger charge is 2.21. The van der Waals surface area contributed by atoms with Gasteiger partial charge in [-0.05, 0) is 42.9 Å². The molecule has 0 heterocycles. The average molecular weight is 283 g/mol. The summed E-state index contributed by atoms with van der Waals surface area (Å²) in [6.45, 7) is 2.12. The molecule has 0 amide bonds. The molecule has 20 heavy (non-hydrogen) atoms. The van der Waals surface area contributed by atoms with Gasteiger partial charge in [0.15, 0.2) is 0 Å². The molecular formula is C15H13F4N. The van der Waals surface area contributed by atoms with Crippen molar-refractivity contribution in [3.8, 4) is 0 Å². The molecule has 0 radical (unpaired) electrons. The molecule has 0 saturated heterocycles. The summed E-state index contributed by atoms with van der Waals surface area (Å²) in [5.41, 5.74) is -0.118. The Morgan fingerprint density at radius 3 is 1.70 bits per heavy atom. The van der Waals surface area contributed by atoms with E-state index in [-0.39, 0.29) is 11.1 Å². The van der Waals surface area contributed by atoms with Gasteiger partial charge in [0.1, 0.15) is 23.3 Å². The minimum Gasteiger partial charge on any atom is -0.306 e. The van der Waals surface area contributed by atoms with Crippen molar-refractivity contribution < 1.29 is 17.6 Å². The van der Waals surface area contributed by atoms with Crippen molar-refractivity contribution in [3.63, 3.8) is 0 Å². The Bertz CT molecular complexity index is 561. The van der Waals surface area contributed by atoms with Gasteiger partial charge in [-0.1, -0.05) is 6.92 Å². The fourth-order valence-corrected chi connectivity index (χ4v) is 2.06. The van der Waals surface area contributed by atoms with Crippen molar-refractivity contribution in [1.82, 2.24) is 5.32 Å². The van der Waals surface area contributed by atoms with E-state index in [0.717, 1.165) is 36.4 Å². The summed E-state index contributed by atoms with van der Waals surface area (Å²) >= 11 is 0. The lowest BCUT2D eigenvalue weighted by Gasteiger charge is -2.20. The topological polar surface area (TPSA) is 12.0 Å². The normalized spacial score (nSPS) is 11.1. The first kappa shape index (κ1) is 14.5. The largest absolute Gasteiger partial charge is 0.306 e. The molecule has 0 aromatic heterocycles. The van der Waals surface area contributed by atoms with Crippen molar-refractivity contribution in [2.75, 3.05) is 6.54 Å². The molecular weight excluding hydrogens is 270 g/mol. The van der Waals surface area contributed by atoms with E-state index < -0.39 is 29.3 Å². The van der Waals surface area contributed by atoms with Gasteiger partial charge in [0, 0.05) is 11.1 Å². The first-order valence-electron chi connectivity index (χ1n) is 6.16. The second-order valence-corrected chi connectivity index (χ2v) is 4.32. The molecule has 1 nitrogen and oxygen atoms in total. The van der Waals surface area contributed by atoms with Gasteiger partial charge < -0.3 is 5.32 Å². The van der Waals surface area contributed by atoms with Gasteiger partial charge >= 0.3 is 0 Å². The average Bonchev–Trinajstić information content (AvgIpc) is 2.42. The molecule has 0 saturated carbocycles. The van der Waals surface area contributed by atoms with E-state index >= 15 is 0 Å². The number of rotatable bonds is 4. The Labute approximate surface area is 114 Å². The van der Waals surface area contributed by atoms with Crippen LogP contribution < -0.4 is 5.32 Å². The summed E-state index contributed by atoms with van der Waals surface area (Å²) in [5, 5.41) is 2.84. The molecule has 2 rings (SSSR count). The predicted octanol–water partition coefficient (Wildman–Crippen LogP) is 3.94. The molecule has 2 aromatic rings. The van der Waals surface area contributed by atoms with Crippen molar-refractivity contribution in [2.24, 2.45) is 0 Å². The first-order chi connectivity index (χ1) is 9.52. The van der Waals surface area contributed by atoms with Crippen LogP contribution in [0.5, 0.6) is 0 Å². The second-order valence-electron chi connectivity index (χ2n) is 4.32. The zero-order chi connectivity index (χ0) is 14.7. The summed E-state index contributed by atoms with van der Waals surface area (Å²) in [5.74, 6) is -2.63. The van der Waals surface area contributed by atoms with Crippen LogP contribution in [0, 0.1) is 23.3 Å². The minimum atomic E-state index is -0.952. The van der Waals surface area contributed by atoms with Gasteiger partial charge in [-0.15, -0.1) is 0 Å². The molecule has 2 aromatic carbocycles. The Morgan fingerprint density at radius 1 is 0.850 bits per heavy atom. The van der Waals surface area contributed by atoms with Crippen molar-refractivity contribution >= 4 is 0 Å². The highest BCUT2D eigenvalue weighted by molar-refractivity contribution is 5.34. The van der Waals surface area contributed by atoms with Crippen LogP contribution in [0.4, 0.5) is 17.6 Å². The Hall–Kier alpha value is -1.88. The third-order valence-electron chi connectivity index (χ3n) is 2.95. The van der Waals surface area contributed by atoms with Gasteiger partial charge in [-0.3, -0.25) is 0 Å². The monoisotopic (exact) mass is 283 g/mol. The Morgan fingerprint density at radius 2 is 1.30 bits per heavy atom. The van der Waals surface area contributed by atoms with Crippen LogP contribution in [0.3, 0.4) is 0 Å². The fraction of sp³-hybridized carbons (Fsp3) is 0.200. The van der Waals surface area contributed by atoms with Gasteiger partial charge in [-0.25, -0.2) is 17.6 Å². The second kappa shape index (κ2) is 6.05. The lowest BCUT2D eigenvalue weighted by Crippen LogP contribution is -2.24. The minimum absolute atomic E-state index is 0.0589. The van der Waals surface area contributed by atoms with E-state index in [2.05, 4.69) is 5.32 Å². The number of nitrogens with one attached hydrogen (secondary N) is 1. The van der Waals surface area contributed by atoms with E-state index in [9.17, 15) is 17.6 Å². The van der Waals surface area contributed by atoms with Crippen molar-refractivity contribution in [3.05, 3.63) is 70.8 Å². The summed E-state index contributed by atoms with van der Waals surface area (Å²) in [4.78, 5) is 0. The lowest BCUT2D eigenvalue weighted by molar-refractivity contribution is 0.516. The van der Waals surface area contributed by atoms with Crippen molar-refractivity contribution in [2.45, 2.75) is 13.0 Å². The Kier molecular flexibility index (Phi) is 4.39. The molecule has 0 atom stereocenters. The Balaban J connectivity index is 2.55. The summed E-state index contributed by atoms with van der Waals surface area (Å²) in [6.07, 6.45) is 0. The van der Waals surface area contributed by atoms with E-state index in [0.29, 0.717) is 6.54 Å². The number of benzene rings is 2. The smallest absolute Gasteiger partial charge is 0.128 e. The van der Waals surface area contributed by atoms with Gasteiger partial charge in [0.25, 0.3) is 0 Å². The van der Waals surface area contributed by atoms with E-state index in [1.54, 1.807) is 6.92 Å². The number of hydrogen-bond acceptors (Lipinski definition) is 1. The summed E-state index contributed by atoms with van der Waals surface area (Å²) in [7, 11) is 0. The molecule has 0 aliphatic heterocycles. The van der Waals surface area contributed by atoms with E-state index in [1.807, 2.05) is 0 Å². The quantitative estimate of drug-likeness (QED) is 0.838. The molecule has 0 fully saturated rings. The van der Waals surface area contributed by atoms with E-state index in [4.69, 9.17) is 0 Å². The zero-order valence-corrected chi connectivity index (χ0v) is 10.8. The van der Waals surface area contributed by atoms with Crippen molar-refractivity contribution in [1.29, 1.82) is 0 Å². The van der Waals surface area contributed by atoms with Crippen LogP contribution in [0.15, 0.2) is 36.4 Å². The first-order valence-corrected chi connectivity index (χ1v) is 6.16. The maximum absolute atomic E-state index is 13.8. The highest BCUT2D eigenvalue weighted by atomic mass is 19.1. The van der Waals surface area contributed by atoms with Crippen LogP contribution in [0.1, 0.15) is 24.1 Å². The van der Waals surface area contributed by atoms with Crippen LogP contribution in [-0.4, -0.2) is 6.54 Å². The summed E-state index contributed by atoms with van der Waals surface area (Å²) in [6, 6.07) is 4.89. The van der Waals surface area contributed by atoms with Gasteiger partial charge in [0.2, 0.25) is 0 Å². The molecule has 5 heteroatoms. The highest BCUT2D eigenvalue weighted by Crippen LogP contribution is 2.27. The van der Waals surface area contributed by atoms with E-state index in [1.165, 1.54) is 0 Å². The number of hydrogen-bond donors (Lipinski definition) is 1. The molecule has 0 spiro atoms. The lowest BCUT2D eigenvalue weighted by atomic mass is 9.97. The molecule has 106 valence electrons. The molecule has 0 aliphatic rings. The maximum atomic E-state index is 13.8. The molecule has 0 bridgehead atoms. The van der Waals surface area contributed by atoms with Gasteiger partial charge in [0.05, 0.1) is 6.04 Å².